The lowest BCUT2D eigenvalue weighted by Crippen LogP contribution is -2.44. The maximum absolute atomic E-state index is 11.4. The number of sulfone groups is 1. The number of aliphatic imine (C=N–C) groups is 1. The number of hydrogen-bond acceptors (Lipinski definition) is 4. The summed E-state index contributed by atoms with van der Waals surface area (Å²) < 4.78 is 22.9. The van der Waals surface area contributed by atoms with E-state index >= 15 is 0 Å². The number of hydrogen-bond donors (Lipinski definition) is 2. The van der Waals surface area contributed by atoms with Crippen LogP contribution in [0.2, 0.25) is 0 Å². The molecule has 8 heteroatoms. The largest absolute Gasteiger partial charge is 0.357 e. The van der Waals surface area contributed by atoms with Crippen molar-refractivity contribution < 1.29 is 8.42 Å². The first-order valence-corrected chi connectivity index (χ1v) is 8.56. The van der Waals surface area contributed by atoms with Gasteiger partial charge in [0.2, 0.25) is 0 Å². The molecule has 1 fully saturated rings. The molecule has 1 unspecified atom stereocenters. The summed E-state index contributed by atoms with van der Waals surface area (Å²) in [7, 11) is -2.88. The average Bonchev–Trinajstić information content (AvgIpc) is 2.77. The van der Waals surface area contributed by atoms with Crippen molar-refractivity contribution >= 4 is 39.8 Å². The molecule has 0 saturated carbocycles. The molecule has 118 valence electrons. The molecule has 1 saturated heterocycles. The molecule has 1 aliphatic rings. The number of nitrogens with zero attached hydrogens (tertiary/aromatic N) is 2. The second kappa shape index (κ2) is 8.52. The summed E-state index contributed by atoms with van der Waals surface area (Å²) in [4.78, 5) is 8.64. The van der Waals surface area contributed by atoms with Crippen LogP contribution in [0.1, 0.15) is 19.0 Å². The molecule has 2 rings (SSSR count). The van der Waals surface area contributed by atoms with Crippen LogP contribution in [0.25, 0.3) is 0 Å². The van der Waals surface area contributed by atoms with Crippen molar-refractivity contribution in [2.75, 3.05) is 18.1 Å². The van der Waals surface area contributed by atoms with Gasteiger partial charge in [-0.15, -0.1) is 24.0 Å². The number of rotatable bonds is 4. The van der Waals surface area contributed by atoms with Gasteiger partial charge < -0.3 is 10.6 Å². The van der Waals surface area contributed by atoms with Gasteiger partial charge in [0.1, 0.15) is 0 Å². The highest BCUT2D eigenvalue weighted by atomic mass is 127. The maximum Gasteiger partial charge on any atom is 0.191 e. The Morgan fingerprint density at radius 3 is 2.86 bits per heavy atom. The summed E-state index contributed by atoms with van der Waals surface area (Å²) in [6.07, 6.45) is 2.37. The van der Waals surface area contributed by atoms with E-state index in [0.29, 0.717) is 18.9 Å². The van der Waals surface area contributed by atoms with Gasteiger partial charge in [-0.25, -0.2) is 13.4 Å². The second-order valence-electron chi connectivity index (χ2n) is 4.76. The van der Waals surface area contributed by atoms with E-state index in [-0.39, 0.29) is 41.5 Å². The zero-order chi connectivity index (χ0) is 14.4. The Bertz CT molecular complexity index is 563. The van der Waals surface area contributed by atoms with Crippen LogP contribution in [-0.4, -0.2) is 43.5 Å². The van der Waals surface area contributed by atoms with Crippen molar-refractivity contribution in [3.8, 4) is 0 Å². The molecule has 1 aromatic rings. The van der Waals surface area contributed by atoms with Crippen molar-refractivity contribution in [2.24, 2.45) is 4.99 Å². The molecule has 2 N–H and O–H groups in total. The van der Waals surface area contributed by atoms with Gasteiger partial charge in [0, 0.05) is 18.8 Å². The molecule has 1 atom stereocenters. The Hall–Kier alpha value is -0.900. The molecule has 1 aliphatic heterocycles. The van der Waals surface area contributed by atoms with Crippen LogP contribution in [0.15, 0.2) is 29.4 Å². The number of guanidine groups is 1. The molecule has 6 nitrogen and oxygen atoms in total. The van der Waals surface area contributed by atoms with Crippen LogP contribution in [0, 0.1) is 0 Å². The van der Waals surface area contributed by atoms with Gasteiger partial charge in [-0.05, 0) is 25.5 Å². The van der Waals surface area contributed by atoms with Crippen LogP contribution in [0.5, 0.6) is 0 Å². The number of pyridine rings is 1. The predicted octanol–water partition coefficient (Wildman–Crippen LogP) is 0.942. The maximum atomic E-state index is 11.4. The topological polar surface area (TPSA) is 83.4 Å². The molecule has 1 aromatic heterocycles. The summed E-state index contributed by atoms with van der Waals surface area (Å²) >= 11 is 0. The first-order chi connectivity index (χ1) is 9.59. The highest BCUT2D eigenvalue weighted by Crippen LogP contribution is 2.11. The Labute approximate surface area is 142 Å². The Balaban J connectivity index is 0.00000220. The van der Waals surface area contributed by atoms with E-state index in [9.17, 15) is 8.42 Å². The van der Waals surface area contributed by atoms with Crippen molar-refractivity contribution in [1.82, 2.24) is 15.6 Å². The third kappa shape index (κ3) is 6.16. The molecule has 0 amide bonds. The van der Waals surface area contributed by atoms with Gasteiger partial charge in [-0.1, -0.05) is 6.07 Å². The van der Waals surface area contributed by atoms with Crippen molar-refractivity contribution in [3.63, 3.8) is 0 Å². The van der Waals surface area contributed by atoms with Gasteiger partial charge in [0.05, 0.1) is 23.7 Å². The van der Waals surface area contributed by atoms with Gasteiger partial charge in [-0.2, -0.15) is 0 Å². The van der Waals surface area contributed by atoms with E-state index in [1.807, 2.05) is 25.1 Å². The first kappa shape index (κ1) is 18.1. The van der Waals surface area contributed by atoms with Crippen molar-refractivity contribution in [3.05, 3.63) is 30.1 Å². The van der Waals surface area contributed by atoms with Crippen LogP contribution in [0.3, 0.4) is 0 Å². The van der Waals surface area contributed by atoms with Crippen LogP contribution >= 0.6 is 24.0 Å². The Morgan fingerprint density at radius 2 is 2.29 bits per heavy atom. The van der Waals surface area contributed by atoms with Gasteiger partial charge in [0.25, 0.3) is 0 Å². The van der Waals surface area contributed by atoms with Gasteiger partial charge in [-0.3, -0.25) is 4.98 Å². The van der Waals surface area contributed by atoms with E-state index in [1.54, 1.807) is 6.20 Å². The van der Waals surface area contributed by atoms with Crippen molar-refractivity contribution in [2.45, 2.75) is 25.9 Å². The van der Waals surface area contributed by atoms with E-state index in [2.05, 4.69) is 20.6 Å². The minimum atomic E-state index is -2.88. The zero-order valence-electron chi connectivity index (χ0n) is 11.9. The molecule has 0 bridgehead atoms. The summed E-state index contributed by atoms with van der Waals surface area (Å²) in [6, 6.07) is 5.64. The lowest BCUT2D eigenvalue weighted by atomic mass is 10.3. The fourth-order valence-electron chi connectivity index (χ4n) is 2.07. The standard InChI is InChI=1S/C13H20N4O2S.HI/c1-2-14-13(16-9-11-5-3-4-7-15-11)17-12-6-8-20(18,19)10-12;/h3-5,7,12H,2,6,8-10H2,1H3,(H2,14,16,17);1H. The van der Waals surface area contributed by atoms with Gasteiger partial charge in [0.15, 0.2) is 15.8 Å². The normalized spacial score (nSPS) is 20.6. The third-order valence-corrected chi connectivity index (χ3v) is 4.81. The number of aromatic nitrogens is 1. The summed E-state index contributed by atoms with van der Waals surface area (Å²) in [6.45, 7) is 3.17. The summed E-state index contributed by atoms with van der Waals surface area (Å²) in [5.41, 5.74) is 0.878. The second-order valence-corrected chi connectivity index (χ2v) is 6.99. The van der Waals surface area contributed by atoms with Crippen LogP contribution in [0.4, 0.5) is 0 Å². The molecule has 0 aliphatic carbocycles. The lowest BCUT2D eigenvalue weighted by molar-refractivity contribution is 0.599. The minimum Gasteiger partial charge on any atom is -0.357 e. The molecule has 0 spiro atoms. The smallest absolute Gasteiger partial charge is 0.191 e. The monoisotopic (exact) mass is 424 g/mol. The SMILES string of the molecule is CCNC(=NCc1ccccn1)NC1CCS(=O)(=O)C1.I. The van der Waals surface area contributed by atoms with Gasteiger partial charge >= 0.3 is 0 Å². The third-order valence-electron chi connectivity index (χ3n) is 3.04. The van der Waals surface area contributed by atoms with E-state index < -0.39 is 9.84 Å². The molecular weight excluding hydrogens is 403 g/mol. The quantitative estimate of drug-likeness (QED) is 0.427. The average molecular weight is 424 g/mol. The fraction of sp³-hybridized carbons (Fsp3) is 0.538. The minimum absolute atomic E-state index is 0. The number of nitrogens with one attached hydrogen (secondary N) is 2. The Morgan fingerprint density at radius 1 is 1.48 bits per heavy atom. The molecular formula is C13H21IN4O2S. The highest BCUT2D eigenvalue weighted by Gasteiger charge is 2.28. The number of halogens is 1. The predicted molar refractivity (Wildman–Crippen MR) is 94.7 cm³/mol. The molecule has 21 heavy (non-hydrogen) atoms. The zero-order valence-corrected chi connectivity index (χ0v) is 15.1. The lowest BCUT2D eigenvalue weighted by Gasteiger charge is -2.15. The Kier molecular flexibility index (Phi) is 7.36. The van der Waals surface area contributed by atoms with E-state index in [0.717, 1.165) is 12.2 Å². The summed E-state index contributed by atoms with van der Waals surface area (Å²) in [5.74, 6) is 1.07. The first-order valence-electron chi connectivity index (χ1n) is 6.74. The summed E-state index contributed by atoms with van der Waals surface area (Å²) in [5, 5.41) is 6.30. The van der Waals surface area contributed by atoms with Crippen LogP contribution < -0.4 is 10.6 Å². The molecule has 0 radical (unpaired) electrons. The van der Waals surface area contributed by atoms with Crippen molar-refractivity contribution in [1.29, 1.82) is 0 Å². The molecule has 2 heterocycles. The fourth-order valence-corrected chi connectivity index (χ4v) is 3.75. The van der Waals surface area contributed by atoms with Crippen LogP contribution in [-0.2, 0) is 16.4 Å². The molecule has 0 aromatic carbocycles. The highest BCUT2D eigenvalue weighted by molar-refractivity contribution is 14.0. The van der Waals surface area contributed by atoms with E-state index in [4.69, 9.17) is 0 Å². The van der Waals surface area contributed by atoms with E-state index in [1.165, 1.54) is 0 Å².